The fourth-order valence-electron chi connectivity index (χ4n) is 2.27. The Labute approximate surface area is 175 Å². The lowest BCUT2D eigenvalue weighted by Gasteiger charge is -2.02. The molecule has 0 amide bonds. The van der Waals surface area contributed by atoms with Crippen LogP contribution in [0.5, 0.6) is 0 Å². The molecule has 2 heterocycles. The van der Waals surface area contributed by atoms with Gasteiger partial charge in [0.1, 0.15) is 11.5 Å². The summed E-state index contributed by atoms with van der Waals surface area (Å²) >= 11 is 0. The van der Waals surface area contributed by atoms with E-state index in [4.69, 9.17) is 18.3 Å². The van der Waals surface area contributed by atoms with Crippen LogP contribution in [0.1, 0.15) is 38.2 Å². The zero-order chi connectivity index (χ0) is 21.6. The van der Waals surface area contributed by atoms with Crippen molar-refractivity contribution in [2.24, 2.45) is 0 Å². The normalized spacial score (nSPS) is 11.0. The first-order valence-corrected chi connectivity index (χ1v) is 9.42. The van der Waals surface area contributed by atoms with Gasteiger partial charge in [0.05, 0.1) is 36.9 Å². The van der Waals surface area contributed by atoms with E-state index >= 15 is 0 Å². The molecule has 0 N–H and O–H groups in total. The topological polar surface area (TPSA) is 78.9 Å². The number of rotatable bonds is 8. The Bertz CT molecular complexity index is 915. The third kappa shape index (κ3) is 7.61. The van der Waals surface area contributed by atoms with Crippen LogP contribution in [0, 0.1) is 23.7 Å². The molecule has 0 aliphatic carbocycles. The molecule has 6 nitrogen and oxygen atoms in total. The largest absolute Gasteiger partial charge is 0.465 e. The van der Waals surface area contributed by atoms with Crippen molar-refractivity contribution in [2.45, 2.75) is 26.7 Å². The zero-order valence-electron chi connectivity index (χ0n) is 16.9. The van der Waals surface area contributed by atoms with Crippen molar-refractivity contribution in [2.75, 3.05) is 13.2 Å². The predicted octanol–water partition coefficient (Wildman–Crippen LogP) is 4.25. The van der Waals surface area contributed by atoms with Gasteiger partial charge in [-0.25, -0.2) is 9.59 Å². The summed E-state index contributed by atoms with van der Waals surface area (Å²) in [5.74, 6) is 11.2. The molecule has 30 heavy (non-hydrogen) atoms. The van der Waals surface area contributed by atoms with E-state index in [1.165, 1.54) is 12.5 Å². The van der Waals surface area contributed by atoms with E-state index in [-0.39, 0.29) is 26.1 Å². The van der Waals surface area contributed by atoms with Crippen molar-refractivity contribution in [3.05, 3.63) is 59.5 Å². The van der Waals surface area contributed by atoms with Crippen LogP contribution >= 0.6 is 0 Å². The molecule has 0 aromatic carbocycles. The number of hydrogen-bond acceptors (Lipinski definition) is 6. The maximum Gasteiger partial charge on any atom is 0.335 e. The third-order valence-electron chi connectivity index (χ3n) is 3.59. The minimum Gasteiger partial charge on any atom is -0.465 e. The number of hydrogen-bond donors (Lipinski definition) is 0. The highest BCUT2D eigenvalue weighted by Crippen LogP contribution is 2.13. The van der Waals surface area contributed by atoms with Gasteiger partial charge in [0.25, 0.3) is 0 Å². The fraction of sp³-hybridized carbons (Fsp3) is 0.250. The highest BCUT2D eigenvalue weighted by atomic mass is 16.5. The zero-order valence-corrected chi connectivity index (χ0v) is 16.9. The van der Waals surface area contributed by atoms with Crippen molar-refractivity contribution in [1.29, 1.82) is 0 Å². The molecule has 0 saturated heterocycles. The Balaban J connectivity index is 2.05. The summed E-state index contributed by atoms with van der Waals surface area (Å²) in [4.78, 5) is 24.1. The van der Waals surface area contributed by atoms with Crippen molar-refractivity contribution < 1.29 is 27.9 Å². The van der Waals surface area contributed by atoms with Crippen molar-refractivity contribution >= 4 is 24.1 Å². The summed E-state index contributed by atoms with van der Waals surface area (Å²) in [7, 11) is 0. The second kappa shape index (κ2) is 12.5. The van der Waals surface area contributed by atoms with E-state index in [2.05, 4.69) is 23.7 Å². The first-order valence-electron chi connectivity index (χ1n) is 9.42. The molecule has 0 bridgehead atoms. The lowest BCUT2D eigenvalue weighted by atomic mass is 10.1. The first-order chi connectivity index (χ1) is 14.6. The Morgan fingerprint density at radius 2 is 1.27 bits per heavy atom. The Morgan fingerprint density at radius 1 is 0.833 bits per heavy atom. The summed E-state index contributed by atoms with van der Waals surface area (Å²) in [5, 5.41) is 0. The van der Waals surface area contributed by atoms with E-state index in [0.717, 1.165) is 0 Å². The number of furan rings is 2. The van der Waals surface area contributed by atoms with Gasteiger partial charge in [0, 0.05) is 12.8 Å². The van der Waals surface area contributed by atoms with Gasteiger partial charge in [-0.05, 0) is 62.1 Å². The Kier molecular flexibility index (Phi) is 9.36. The fourth-order valence-corrected chi connectivity index (χ4v) is 2.27. The van der Waals surface area contributed by atoms with Gasteiger partial charge in [-0.15, -0.1) is 0 Å². The minimum atomic E-state index is -0.456. The molecule has 0 aliphatic heterocycles. The van der Waals surface area contributed by atoms with Gasteiger partial charge in [-0.3, -0.25) is 0 Å². The number of carbonyl (C=O) groups is 2. The summed E-state index contributed by atoms with van der Waals surface area (Å²) in [6.45, 7) is 3.99. The summed E-state index contributed by atoms with van der Waals surface area (Å²) in [6.07, 6.45) is 6.52. The molecular weight excluding hydrogens is 384 g/mol. The highest BCUT2D eigenvalue weighted by Gasteiger charge is 2.11. The van der Waals surface area contributed by atoms with Crippen LogP contribution in [0.25, 0.3) is 12.2 Å². The van der Waals surface area contributed by atoms with Gasteiger partial charge < -0.3 is 18.3 Å². The van der Waals surface area contributed by atoms with Gasteiger partial charge in [0.15, 0.2) is 0 Å². The summed E-state index contributed by atoms with van der Waals surface area (Å²) in [6, 6.07) is 6.91. The van der Waals surface area contributed by atoms with Crippen LogP contribution in [-0.2, 0) is 19.1 Å². The van der Waals surface area contributed by atoms with E-state index in [1.807, 2.05) is 0 Å². The number of carbonyl (C=O) groups excluding carboxylic acids is 2. The van der Waals surface area contributed by atoms with E-state index < -0.39 is 11.9 Å². The molecule has 6 heteroatoms. The molecule has 0 spiro atoms. The second-order valence-electron chi connectivity index (χ2n) is 5.77. The SMILES string of the molecule is CCOC(=O)/C(=C\c1ccco1)CC#CC#CC/C(=C\c1ccco1)C(=O)OCC. The summed E-state index contributed by atoms with van der Waals surface area (Å²) in [5.41, 5.74) is 0.733. The van der Waals surface area contributed by atoms with E-state index in [9.17, 15) is 9.59 Å². The first kappa shape index (κ1) is 22.4. The van der Waals surface area contributed by atoms with Crippen LogP contribution in [0.15, 0.2) is 56.8 Å². The average Bonchev–Trinajstić information content (AvgIpc) is 3.43. The molecule has 2 rings (SSSR count). The van der Waals surface area contributed by atoms with E-state index in [1.54, 1.807) is 50.3 Å². The monoisotopic (exact) mass is 406 g/mol. The van der Waals surface area contributed by atoms with Crippen molar-refractivity contribution in [3.63, 3.8) is 0 Å². The summed E-state index contributed by atoms with van der Waals surface area (Å²) < 4.78 is 20.5. The Hall–Kier alpha value is -3.90. The third-order valence-corrected chi connectivity index (χ3v) is 3.59. The molecule has 0 saturated carbocycles. The molecule has 0 radical (unpaired) electrons. The van der Waals surface area contributed by atoms with Crippen LogP contribution in [0.3, 0.4) is 0 Å². The van der Waals surface area contributed by atoms with Gasteiger partial charge in [-0.1, -0.05) is 11.8 Å². The van der Waals surface area contributed by atoms with E-state index in [0.29, 0.717) is 22.7 Å². The van der Waals surface area contributed by atoms with Crippen molar-refractivity contribution in [3.8, 4) is 23.7 Å². The van der Waals surface area contributed by atoms with Gasteiger partial charge >= 0.3 is 11.9 Å². The van der Waals surface area contributed by atoms with Crippen LogP contribution in [-0.4, -0.2) is 25.2 Å². The predicted molar refractivity (Wildman–Crippen MR) is 111 cm³/mol. The molecule has 0 fully saturated rings. The van der Waals surface area contributed by atoms with Crippen molar-refractivity contribution in [1.82, 2.24) is 0 Å². The molecule has 2 aromatic heterocycles. The minimum absolute atomic E-state index is 0.154. The molecule has 0 atom stereocenters. The van der Waals surface area contributed by atoms with Crippen LogP contribution < -0.4 is 0 Å². The quantitative estimate of drug-likeness (QED) is 0.370. The molecule has 2 aromatic rings. The molecule has 0 unspecified atom stereocenters. The second-order valence-corrected chi connectivity index (χ2v) is 5.77. The molecule has 0 aliphatic rings. The molecular formula is C24H22O6. The van der Waals surface area contributed by atoms with Crippen LogP contribution in [0.2, 0.25) is 0 Å². The molecule has 154 valence electrons. The standard InChI is InChI=1S/C24H22O6/c1-3-27-23(25)19(17-21-13-9-15-29-21)11-7-5-6-8-12-20(24(26)28-4-2)18-22-14-10-16-30-22/h9-10,13-18H,3-4,11-12H2,1-2H3/b19-17-,20-18+. The lowest BCUT2D eigenvalue weighted by Crippen LogP contribution is -2.07. The van der Waals surface area contributed by atoms with Gasteiger partial charge in [-0.2, -0.15) is 0 Å². The smallest absolute Gasteiger partial charge is 0.335 e. The Morgan fingerprint density at radius 3 is 1.60 bits per heavy atom. The van der Waals surface area contributed by atoms with Gasteiger partial charge in [0.2, 0.25) is 0 Å². The number of ether oxygens (including phenoxy) is 2. The van der Waals surface area contributed by atoms with Crippen LogP contribution in [0.4, 0.5) is 0 Å². The lowest BCUT2D eigenvalue weighted by molar-refractivity contribution is -0.139. The average molecular weight is 406 g/mol. The maximum atomic E-state index is 12.1. The number of esters is 2. The highest BCUT2D eigenvalue weighted by molar-refractivity contribution is 5.94. The maximum absolute atomic E-state index is 12.1.